The second-order valence-electron chi connectivity index (χ2n) is 3.95. The maximum absolute atomic E-state index is 10.0. The maximum atomic E-state index is 10.0. The topological polar surface area (TPSA) is 20.2 Å². The summed E-state index contributed by atoms with van der Waals surface area (Å²) in [6.45, 7) is 0. The van der Waals surface area contributed by atoms with Crippen LogP contribution in [0.1, 0.15) is 18.4 Å². The van der Waals surface area contributed by atoms with Gasteiger partial charge in [0.15, 0.2) is 0 Å². The molecule has 0 amide bonds. The minimum Gasteiger partial charge on any atom is -0.392 e. The summed E-state index contributed by atoms with van der Waals surface area (Å²) in [5.41, 5.74) is 1.13. The Hall–Kier alpha value is -0.180. The fourth-order valence-corrected chi connectivity index (χ4v) is 3.44. The van der Waals surface area contributed by atoms with Gasteiger partial charge in [0.1, 0.15) is 0 Å². The van der Waals surface area contributed by atoms with Gasteiger partial charge in [-0.15, -0.1) is 0 Å². The van der Waals surface area contributed by atoms with Crippen LogP contribution in [0.3, 0.4) is 0 Å². The third-order valence-corrected chi connectivity index (χ3v) is 4.47. The first-order valence-electron chi connectivity index (χ1n) is 5.30. The lowest BCUT2D eigenvalue weighted by atomic mass is 10.0. The molecule has 1 saturated heterocycles. The van der Waals surface area contributed by atoms with Crippen LogP contribution in [-0.4, -0.2) is 22.2 Å². The first kappa shape index (κ1) is 11.3. The lowest BCUT2D eigenvalue weighted by molar-refractivity contribution is 0.170. The van der Waals surface area contributed by atoms with Gasteiger partial charge >= 0.3 is 0 Å². The van der Waals surface area contributed by atoms with Crippen LogP contribution in [0.2, 0.25) is 5.02 Å². The molecule has 15 heavy (non-hydrogen) atoms. The van der Waals surface area contributed by atoms with Crippen molar-refractivity contribution >= 4 is 23.4 Å². The highest BCUT2D eigenvalue weighted by molar-refractivity contribution is 8.00. The van der Waals surface area contributed by atoms with Crippen LogP contribution in [0.15, 0.2) is 24.3 Å². The molecule has 0 bridgehead atoms. The molecule has 0 spiro atoms. The Labute approximate surface area is 99.8 Å². The van der Waals surface area contributed by atoms with Crippen LogP contribution in [0.5, 0.6) is 0 Å². The fourth-order valence-electron chi connectivity index (χ4n) is 1.94. The van der Waals surface area contributed by atoms with E-state index in [-0.39, 0.29) is 6.10 Å². The van der Waals surface area contributed by atoms with E-state index in [0.29, 0.717) is 5.25 Å². The highest BCUT2D eigenvalue weighted by atomic mass is 35.5. The minimum atomic E-state index is -0.226. The second kappa shape index (κ2) is 5.24. The number of thioether (sulfide) groups is 1. The number of hydrogen-bond acceptors (Lipinski definition) is 2. The zero-order valence-electron chi connectivity index (χ0n) is 8.53. The molecule has 1 N–H and O–H groups in total. The van der Waals surface area contributed by atoms with Gasteiger partial charge < -0.3 is 5.11 Å². The highest BCUT2D eigenvalue weighted by Crippen LogP contribution is 2.30. The Morgan fingerprint density at radius 2 is 2.40 bits per heavy atom. The predicted octanol–water partition coefficient (Wildman–Crippen LogP) is 3.14. The Bertz CT molecular complexity index is 323. The molecule has 0 aromatic heterocycles. The van der Waals surface area contributed by atoms with Crippen molar-refractivity contribution in [3.05, 3.63) is 34.9 Å². The zero-order chi connectivity index (χ0) is 10.7. The molecule has 3 heteroatoms. The van der Waals surface area contributed by atoms with Crippen molar-refractivity contribution in [2.24, 2.45) is 0 Å². The van der Waals surface area contributed by atoms with Crippen LogP contribution in [0.4, 0.5) is 0 Å². The largest absolute Gasteiger partial charge is 0.392 e. The highest BCUT2D eigenvalue weighted by Gasteiger charge is 2.23. The van der Waals surface area contributed by atoms with Crippen molar-refractivity contribution < 1.29 is 5.11 Å². The summed E-state index contributed by atoms with van der Waals surface area (Å²) < 4.78 is 0. The molecule has 1 aliphatic heterocycles. The Morgan fingerprint density at radius 1 is 1.53 bits per heavy atom. The van der Waals surface area contributed by atoms with Gasteiger partial charge in [0.2, 0.25) is 0 Å². The Kier molecular flexibility index (Phi) is 3.95. The monoisotopic (exact) mass is 242 g/mol. The second-order valence-corrected chi connectivity index (χ2v) is 5.74. The van der Waals surface area contributed by atoms with Gasteiger partial charge in [-0.25, -0.2) is 0 Å². The SMILES string of the molecule is OC(Cc1cccc(Cl)c1)C1CCCS1. The van der Waals surface area contributed by atoms with Crippen molar-refractivity contribution in [1.82, 2.24) is 0 Å². The lowest BCUT2D eigenvalue weighted by Gasteiger charge is -2.16. The van der Waals surface area contributed by atoms with Crippen molar-refractivity contribution in [2.45, 2.75) is 30.6 Å². The number of rotatable bonds is 3. The zero-order valence-corrected chi connectivity index (χ0v) is 10.1. The molecule has 1 aromatic carbocycles. The number of aliphatic hydroxyl groups is 1. The summed E-state index contributed by atoms with van der Waals surface area (Å²) in [4.78, 5) is 0. The van der Waals surface area contributed by atoms with Crippen LogP contribution < -0.4 is 0 Å². The smallest absolute Gasteiger partial charge is 0.0699 e. The van der Waals surface area contributed by atoms with E-state index >= 15 is 0 Å². The molecule has 1 aliphatic rings. The Balaban J connectivity index is 1.95. The normalized spacial score (nSPS) is 22.9. The molecular weight excluding hydrogens is 228 g/mol. The van der Waals surface area contributed by atoms with Gasteiger partial charge in [0.25, 0.3) is 0 Å². The standard InChI is InChI=1S/C12H15ClOS/c13-10-4-1-3-9(7-10)8-11(14)12-5-2-6-15-12/h1,3-4,7,11-12,14H,2,5-6,8H2. The molecule has 2 unspecified atom stereocenters. The van der Waals surface area contributed by atoms with E-state index in [9.17, 15) is 5.11 Å². The van der Waals surface area contributed by atoms with Crippen LogP contribution >= 0.6 is 23.4 Å². The van der Waals surface area contributed by atoms with Crippen molar-refractivity contribution in [3.8, 4) is 0 Å². The van der Waals surface area contributed by atoms with Gasteiger partial charge in [0.05, 0.1) is 6.10 Å². The van der Waals surface area contributed by atoms with Gasteiger partial charge in [0, 0.05) is 10.3 Å². The average Bonchev–Trinajstić information content (AvgIpc) is 2.70. The molecular formula is C12H15ClOS. The average molecular weight is 243 g/mol. The molecule has 82 valence electrons. The van der Waals surface area contributed by atoms with E-state index in [2.05, 4.69) is 0 Å². The number of hydrogen-bond donors (Lipinski definition) is 1. The third kappa shape index (κ3) is 3.13. The van der Waals surface area contributed by atoms with Gasteiger partial charge in [-0.2, -0.15) is 11.8 Å². The number of halogens is 1. The summed E-state index contributed by atoms with van der Waals surface area (Å²) >= 11 is 7.79. The van der Waals surface area contributed by atoms with E-state index in [1.165, 1.54) is 12.2 Å². The van der Waals surface area contributed by atoms with Crippen LogP contribution in [-0.2, 0) is 6.42 Å². The molecule has 1 heterocycles. The summed E-state index contributed by atoms with van der Waals surface area (Å²) in [6, 6.07) is 7.76. The third-order valence-electron chi connectivity index (χ3n) is 2.73. The van der Waals surface area contributed by atoms with Crippen molar-refractivity contribution in [1.29, 1.82) is 0 Å². The molecule has 0 aliphatic carbocycles. The van der Waals surface area contributed by atoms with E-state index in [1.54, 1.807) is 0 Å². The molecule has 0 radical (unpaired) electrons. The molecule has 1 aromatic rings. The van der Waals surface area contributed by atoms with Crippen molar-refractivity contribution in [3.63, 3.8) is 0 Å². The maximum Gasteiger partial charge on any atom is 0.0699 e. The van der Waals surface area contributed by atoms with Gasteiger partial charge in [-0.3, -0.25) is 0 Å². The van der Waals surface area contributed by atoms with E-state index in [1.807, 2.05) is 36.0 Å². The van der Waals surface area contributed by atoms with Gasteiger partial charge in [-0.1, -0.05) is 23.7 Å². The van der Waals surface area contributed by atoms with E-state index < -0.39 is 0 Å². The molecule has 2 atom stereocenters. The van der Waals surface area contributed by atoms with Gasteiger partial charge in [-0.05, 0) is 42.7 Å². The van der Waals surface area contributed by atoms with Crippen LogP contribution in [0.25, 0.3) is 0 Å². The quantitative estimate of drug-likeness (QED) is 0.879. The summed E-state index contributed by atoms with van der Waals surface area (Å²) in [5, 5.41) is 11.2. The number of benzene rings is 1. The fraction of sp³-hybridized carbons (Fsp3) is 0.500. The molecule has 1 nitrogen and oxygen atoms in total. The lowest BCUT2D eigenvalue weighted by Crippen LogP contribution is -2.23. The summed E-state index contributed by atoms with van der Waals surface area (Å²) in [7, 11) is 0. The first-order chi connectivity index (χ1) is 7.25. The van der Waals surface area contributed by atoms with Crippen LogP contribution in [0, 0.1) is 0 Å². The molecule has 0 saturated carbocycles. The van der Waals surface area contributed by atoms with Crippen molar-refractivity contribution in [2.75, 3.05) is 5.75 Å². The summed E-state index contributed by atoms with van der Waals surface area (Å²) in [5.74, 6) is 1.19. The van der Waals surface area contributed by atoms with E-state index in [0.717, 1.165) is 23.4 Å². The predicted molar refractivity (Wildman–Crippen MR) is 66.6 cm³/mol. The Morgan fingerprint density at radius 3 is 3.07 bits per heavy atom. The minimum absolute atomic E-state index is 0.226. The number of aliphatic hydroxyl groups excluding tert-OH is 1. The van der Waals surface area contributed by atoms with E-state index in [4.69, 9.17) is 11.6 Å². The molecule has 1 fully saturated rings. The summed E-state index contributed by atoms with van der Waals surface area (Å²) in [6.07, 6.45) is 2.88. The first-order valence-corrected chi connectivity index (χ1v) is 6.72. The molecule has 2 rings (SSSR count).